The topological polar surface area (TPSA) is 111 Å². The van der Waals surface area contributed by atoms with Crippen LogP contribution in [0.4, 0.5) is 5.69 Å². The van der Waals surface area contributed by atoms with Gasteiger partial charge in [-0.15, -0.1) is 0 Å². The summed E-state index contributed by atoms with van der Waals surface area (Å²) in [5.41, 5.74) is 11.5. The number of guanidine groups is 1. The van der Waals surface area contributed by atoms with Crippen LogP contribution >= 0.6 is 0 Å². The summed E-state index contributed by atoms with van der Waals surface area (Å²) in [6, 6.07) is 5.14. The molecule has 122 valence electrons. The Kier molecular flexibility index (Phi) is 3.94. The highest BCUT2D eigenvalue weighted by molar-refractivity contribution is 6.04. The second kappa shape index (κ2) is 5.91. The maximum Gasteiger partial charge on any atom is 0.280 e. The molecule has 2 aliphatic rings. The van der Waals surface area contributed by atoms with Crippen molar-refractivity contribution in [1.29, 1.82) is 0 Å². The molecule has 2 amide bonds. The van der Waals surface area contributed by atoms with E-state index >= 15 is 0 Å². The number of amides is 2. The van der Waals surface area contributed by atoms with Crippen molar-refractivity contribution in [3.05, 3.63) is 23.8 Å². The van der Waals surface area contributed by atoms with E-state index in [2.05, 4.69) is 4.99 Å². The first-order chi connectivity index (χ1) is 11.0. The predicted molar refractivity (Wildman–Crippen MR) is 86.4 cm³/mol. The molecule has 0 aromatic heterocycles. The van der Waals surface area contributed by atoms with Gasteiger partial charge in [-0.05, 0) is 38.0 Å². The zero-order chi connectivity index (χ0) is 16.6. The number of rotatable bonds is 2. The van der Waals surface area contributed by atoms with Crippen LogP contribution in [0.1, 0.15) is 43.0 Å². The molecule has 1 heterocycles. The molecule has 7 nitrogen and oxygen atoms in total. The van der Waals surface area contributed by atoms with Crippen molar-refractivity contribution in [2.45, 2.75) is 44.8 Å². The Hall–Kier alpha value is -2.57. The Morgan fingerprint density at radius 2 is 2.00 bits per heavy atom. The van der Waals surface area contributed by atoms with Crippen LogP contribution in [0.2, 0.25) is 0 Å². The molecular weight excluding hydrogens is 296 g/mol. The van der Waals surface area contributed by atoms with Crippen LogP contribution in [0.3, 0.4) is 0 Å². The summed E-state index contributed by atoms with van der Waals surface area (Å²) in [5, 5.41) is 0. The SMILES string of the molecule is CC1Oc2cc(C(=O)N=C(N)N)ccc2N(C2CCCC2)C1=O. The smallest absolute Gasteiger partial charge is 0.280 e. The van der Waals surface area contributed by atoms with E-state index in [0.717, 1.165) is 25.7 Å². The number of hydrogen-bond acceptors (Lipinski definition) is 3. The van der Waals surface area contributed by atoms with Gasteiger partial charge in [-0.1, -0.05) is 12.8 Å². The largest absolute Gasteiger partial charge is 0.479 e. The third-order valence-corrected chi connectivity index (χ3v) is 4.28. The van der Waals surface area contributed by atoms with Gasteiger partial charge in [-0.25, -0.2) is 0 Å². The minimum absolute atomic E-state index is 0.0345. The molecule has 0 saturated heterocycles. The van der Waals surface area contributed by atoms with Crippen LogP contribution in [-0.2, 0) is 4.79 Å². The van der Waals surface area contributed by atoms with E-state index in [1.807, 2.05) is 4.90 Å². The molecule has 4 N–H and O–H groups in total. The van der Waals surface area contributed by atoms with Crippen molar-refractivity contribution in [2.24, 2.45) is 16.5 Å². The van der Waals surface area contributed by atoms with Crippen molar-refractivity contribution < 1.29 is 14.3 Å². The number of aliphatic imine (C=N–C) groups is 1. The third kappa shape index (κ3) is 2.86. The quantitative estimate of drug-likeness (QED) is 0.628. The van der Waals surface area contributed by atoms with Gasteiger partial charge >= 0.3 is 0 Å². The van der Waals surface area contributed by atoms with E-state index in [1.165, 1.54) is 0 Å². The van der Waals surface area contributed by atoms with Crippen LogP contribution < -0.4 is 21.1 Å². The fourth-order valence-electron chi connectivity index (χ4n) is 3.22. The summed E-state index contributed by atoms with van der Waals surface area (Å²) in [6.07, 6.45) is 3.66. The minimum atomic E-state index is -0.573. The van der Waals surface area contributed by atoms with Gasteiger partial charge in [0.2, 0.25) is 0 Å². The normalized spacial score (nSPS) is 20.8. The lowest BCUT2D eigenvalue weighted by Gasteiger charge is -2.37. The number of carbonyl (C=O) groups excluding carboxylic acids is 2. The number of nitrogens with two attached hydrogens (primary N) is 2. The average Bonchev–Trinajstić information content (AvgIpc) is 3.01. The van der Waals surface area contributed by atoms with Gasteiger partial charge in [0.15, 0.2) is 12.1 Å². The van der Waals surface area contributed by atoms with E-state index < -0.39 is 12.0 Å². The van der Waals surface area contributed by atoms with E-state index in [1.54, 1.807) is 25.1 Å². The van der Waals surface area contributed by atoms with Crippen molar-refractivity contribution in [3.8, 4) is 5.75 Å². The molecule has 1 unspecified atom stereocenters. The first-order valence-corrected chi connectivity index (χ1v) is 7.75. The molecule has 23 heavy (non-hydrogen) atoms. The highest BCUT2D eigenvalue weighted by Gasteiger charge is 2.37. The molecular formula is C16H20N4O3. The fourth-order valence-corrected chi connectivity index (χ4v) is 3.22. The van der Waals surface area contributed by atoms with E-state index in [0.29, 0.717) is 17.0 Å². The number of nitrogens with zero attached hydrogens (tertiary/aromatic N) is 2. The number of fused-ring (bicyclic) bond motifs is 1. The molecule has 3 rings (SSSR count). The van der Waals surface area contributed by atoms with Gasteiger partial charge < -0.3 is 21.1 Å². The average molecular weight is 316 g/mol. The lowest BCUT2D eigenvalue weighted by Crippen LogP contribution is -2.49. The Morgan fingerprint density at radius 1 is 1.30 bits per heavy atom. The van der Waals surface area contributed by atoms with Crippen LogP contribution in [-0.4, -0.2) is 29.9 Å². The summed E-state index contributed by atoms with van der Waals surface area (Å²) >= 11 is 0. The van der Waals surface area contributed by atoms with Crippen LogP contribution in [0.25, 0.3) is 0 Å². The Morgan fingerprint density at radius 3 is 2.65 bits per heavy atom. The Bertz CT molecular complexity index is 676. The molecule has 1 aliphatic heterocycles. The number of ether oxygens (including phenoxy) is 1. The second-order valence-electron chi connectivity index (χ2n) is 5.93. The lowest BCUT2D eigenvalue weighted by atomic mass is 10.1. The molecule has 0 radical (unpaired) electrons. The van der Waals surface area contributed by atoms with E-state index in [9.17, 15) is 9.59 Å². The highest BCUT2D eigenvalue weighted by atomic mass is 16.5. The van der Waals surface area contributed by atoms with E-state index in [-0.39, 0.29) is 17.9 Å². The van der Waals surface area contributed by atoms with Gasteiger partial charge in [0.25, 0.3) is 11.8 Å². The number of benzene rings is 1. The minimum Gasteiger partial charge on any atom is -0.479 e. The maximum absolute atomic E-state index is 12.5. The van der Waals surface area contributed by atoms with E-state index in [4.69, 9.17) is 16.2 Å². The van der Waals surface area contributed by atoms with Gasteiger partial charge in [0.05, 0.1) is 5.69 Å². The maximum atomic E-state index is 12.5. The molecule has 1 fully saturated rings. The summed E-state index contributed by atoms with van der Waals surface area (Å²) in [6.45, 7) is 1.72. The molecule has 1 aromatic rings. The Labute approximate surface area is 134 Å². The summed E-state index contributed by atoms with van der Waals surface area (Å²) in [4.78, 5) is 29.8. The standard InChI is InChI=1S/C16H20N4O3/c1-9-15(22)20(11-4-2-3-5-11)12-7-6-10(8-13(12)23-9)14(21)19-16(17)18/h6-9,11H,2-5H2,1H3,(H4,17,18,19,21). The predicted octanol–water partition coefficient (Wildman–Crippen LogP) is 1.16. The number of anilines is 1. The first kappa shape index (κ1) is 15.3. The molecule has 1 aliphatic carbocycles. The highest BCUT2D eigenvalue weighted by Crippen LogP contribution is 2.39. The number of carbonyl (C=O) groups is 2. The Balaban J connectivity index is 1.98. The van der Waals surface area contributed by atoms with Crippen molar-refractivity contribution in [3.63, 3.8) is 0 Å². The summed E-state index contributed by atoms with van der Waals surface area (Å²) < 4.78 is 5.68. The molecule has 1 atom stereocenters. The first-order valence-electron chi connectivity index (χ1n) is 7.75. The molecule has 1 aromatic carbocycles. The summed E-state index contributed by atoms with van der Waals surface area (Å²) in [5.74, 6) is -0.341. The summed E-state index contributed by atoms with van der Waals surface area (Å²) in [7, 11) is 0. The van der Waals surface area contributed by atoms with Crippen LogP contribution in [0.5, 0.6) is 5.75 Å². The fraction of sp³-hybridized carbons (Fsp3) is 0.438. The second-order valence-corrected chi connectivity index (χ2v) is 5.93. The third-order valence-electron chi connectivity index (χ3n) is 4.28. The zero-order valence-electron chi connectivity index (χ0n) is 13.0. The van der Waals surface area contributed by atoms with Gasteiger partial charge in [-0.2, -0.15) is 4.99 Å². The lowest BCUT2D eigenvalue weighted by molar-refractivity contribution is -0.126. The molecule has 7 heteroatoms. The van der Waals surface area contributed by atoms with Crippen molar-refractivity contribution in [1.82, 2.24) is 0 Å². The molecule has 0 bridgehead atoms. The number of hydrogen-bond donors (Lipinski definition) is 2. The van der Waals surface area contributed by atoms with Gasteiger partial charge in [0, 0.05) is 11.6 Å². The monoisotopic (exact) mass is 316 g/mol. The van der Waals surface area contributed by atoms with Gasteiger partial charge in [-0.3, -0.25) is 9.59 Å². The molecule has 0 spiro atoms. The molecule has 1 saturated carbocycles. The van der Waals surface area contributed by atoms with Crippen molar-refractivity contribution >= 4 is 23.5 Å². The van der Waals surface area contributed by atoms with Gasteiger partial charge in [0.1, 0.15) is 5.75 Å². The van der Waals surface area contributed by atoms with Crippen molar-refractivity contribution in [2.75, 3.05) is 4.90 Å². The van der Waals surface area contributed by atoms with Crippen LogP contribution in [0.15, 0.2) is 23.2 Å². The van der Waals surface area contributed by atoms with Crippen LogP contribution in [0, 0.1) is 0 Å². The zero-order valence-corrected chi connectivity index (χ0v) is 13.0.